The van der Waals surface area contributed by atoms with Crippen molar-refractivity contribution in [3.63, 3.8) is 0 Å². The predicted octanol–water partition coefficient (Wildman–Crippen LogP) is 6.37. The Morgan fingerprint density at radius 3 is 1.67 bits per heavy atom. The van der Waals surface area contributed by atoms with Crippen LogP contribution in [0.4, 0.5) is 4.39 Å². The topological polar surface area (TPSA) is 9.23 Å². The van der Waals surface area contributed by atoms with Crippen molar-refractivity contribution in [1.82, 2.24) is 0 Å². The second-order valence-electron chi connectivity index (χ2n) is 7.01. The second-order valence-corrected chi connectivity index (χ2v) is 7.01. The molecule has 1 nitrogen and oxygen atoms in total. The molecule has 0 aromatic heterocycles. The van der Waals surface area contributed by atoms with E-state index in [0.717, 1.165) is 53.9 Å². The molecule has 0 fully saturated rings. The molecule has 0 saturated heterocycles. The van der Waals surface area contributed by atoms with Crippen molar-refractivity contribution < 1.29 is 9.13 Å². The van der Waals surface area contributed by atoms with Gasteiger partial charge in [0.1, 0.15) is 11.6 Å². The first-order valence-corrected chi connectivity index (χ1v) is 10.3. The van der Waals surface area contributed by atoms with Crippen LogP contribution in [-0.2, 0) is 6.42 Å². The van der Waals surface area contributed by atoms with Gasteiger partial charge < -0.3 is 4.74 Å². The Morgan fingerprint density at radius 2 is 1.17 bits per heavy atom. The highest BCUT2D eigenvalue weighted by atomic mass is 19.1. The van der Waals surface area contributed by atoms with Crippen LogP contribution >= 0.6 is 0 Å². The molecule has 0 aliphatic carbocycles. The fourth-order valence-electron chi connectivity index (χ4n) is 2.88. The maximum atomic E-state index is 14.0. The van der Waals surface area contributed by atoms with Crippen molar-refractivity contribution in [2.24, 2.45) is 0 Å². The van der Waals surface area contributed by atoms with E-state index in [9.17, 15) is 4.39 Å². The SMILES string of the molecule is CCCOc1ccc(C#Cc2ccc(C#Cc3ccc(CCC)c(F)c3)cc2)cc1. The summed E-state index contributed by atoms with van der Waals surface area (Å²) >= 11 is 0. The minimum Gasteiger partial charge on any atom is -0.494 e. The lowest BCUT2D eigenvalue weighted by Gasteiger charge is -2.03. The Labute approximate surface area is 178 Å². The lowest BCUT2D eigenvalue weighted by molar-refractivity contribution is 0.317. The van der Waals surface area contributed by atoms with Gasteiger partial charge in [-0.25, -0.2) is 4.39 Å². The third kappa shape index (κ3) is 6.26. The van der Waals surface area contributed by atoms with E-state index in [1.54, 1.807) is 0 Å². The monoisotopic (exact) mass is 396 g/mol. The summed E-state index contributed by atoms with van der Waals surface area (Å²) in [5.41, 5.74) is 4.16. The molecule has 0 aliphatic rings. The van der Waals surface area contributed by atoms with Gasteiger partial charge in [-0.3, -0.25) is 0 Å². The van der Waals surface area contributed by atoms with Gasteiger partial charge in [-0.2, -0.15) is 0 Å². The average Bonchev–Trinajstić information content (AvgIpc) is 2.78. The van der Waals surface area contributed by atoms with Gasteiger partial charge >= 0.3 is 0 Å². The highest BCUT2D eigenvalue weighted by Crippen LogP contribution is 2.13. The molecule has 0 unspecified atom stereocenters. The fourth-order valence-corrected chi connectivity index (χ4v) is 2.88. The number of benzene rings is 3. The zero-order chi connectivity index (χ0) is 21.2. The molecule has 3 aromatic carbocycles. The summed E-state index contributed by atoms with van der Waals surface area (Å²) in [4.78, 5) is 0. The van der Waals surface area contributed by atoms with Crippen LogP contribution in [0.5, 0.6) is 5.75 Å². The number of hydrogen-bond acceptors (Lipinski definition) is 1. The molecule has 0 N–H and O–H groups in total. The minimum absolute atomic E-state index is 0.181. The van der Waals surface area contributed by atoms with E-state index in [1.165, 1.54) is 6.07 Å². The van der Waals surface area contributed by atoms with Crippen LogP contribution in [-0.4, -0.2) is 6.61 Å². The molecule has 0 heterocycles. The normalized spacial score (nSPS) is 9.83. The maximum absolute atomic E-state index is 14.0. The quantitative estimate of drug-likeness (QED) is 0.456. The van der Waals surface area contributed by atoms with Crippen molar-refractivity contribution in [1.29, 1.82) is 0 Å². The van der Waals surface area contributed by atoms with Gasteiger partial charge in [-0.15, -0.1) is 0 Å². The van der Waals surface area contributed by atoms with Gasteiger partial charge in [0, 0.05) is 22.3 Å². The lowest BCUT2D eigenvalue weighted by atomic mass is 10.1. The summed E-state index contributed by atoms with van der Waals surface area (Å²) in [6.45, 7) is 4.85. The van der Waals surface area contributed by atoms with E-state index in [0.29, 0.717) is 5.56 Å². The smallest absolute Gasteiger partial charge is 0.127 e. The van der Waals surface area contributed by atoms with Gasteiger partial charge in [0.25, 0.3) is 0 Å². The zero-order valence-electron chi connectivity index (χ0n) is 17.5. The molecule has 0 saturated carbocycles. The van der Waals surface area contributed by atoms with E-state index >= 15 is 0 Å². The molecule has 0 bridgehead atoms. The lowest BCUT2D eigenvalue weighted by Crippen LogP contribution is -1.94. The third-order valence-electron chi connectivity index (χ3n) is 4.49. The highest BCUT2D eigenvalue weighted by Gasteiger charge is 2.01. The van der Waals surface area contributed by atoms with Gasteiger partial charge in [0.2, 0.25) is 0 Å². The summed E-state index contributed by atoms with van der Waals surface area (Å²) < 4.78 is 19.6. The Bertz CT molecular complexity index is 1090. The average molecular weight is 397 g/mol. The van der Waals surface area contributed by atoms with Gasteiger partial charge in [0.05, 0.1) is 6.61 Å². The maximum Gasteiger partial charge on any atom is 0.127 e. The highest BCUT2D eigenvalue weighted by molar-refractivity contribution is 5.48. The fraction of sp³-hybridized carbons (Fsp3) is 0.214. The number of hydrogen-bond donors (Lipinski definition) is 0. The molecular weight excluding hydrogens is 371 g/mol. The predicted molar refractivity (Wildman–Crippen MR) is 121 cm³/mol. The standard InChI is InChI=1S/C28H25FO/c1-3-5-26-17-14-25(21-28(26)29)13-12-23-8-6-22(7-9-23)10-11-24-15-18-27(19-16-24)30-20-4-2/h6-9,14-19,21H,3-5,20H2,1-2H3. The molecule has 30 heavy (non-hydrogen) atoms. The van der Waals surface area contributed by atoms with Gasteiger partial charge in [0.15, 0.2) is 0 Å². The molecule has 0 spiro atoms. The van der Waals surface area contributed by atoms with E-state index in [-0.39, 0.29) is 5.82 Å². The van der Waals surface area contributed by atoms with Crippen LogP contribution in [0.2, 0.25) is 0 Å². The van der Waals surface area contributed by atoms with Crippen molar-refractivity contribution >= 4 is 0 Å². The Kier molecular flexibility index (Phi) is 7.71. The van der Waals surface area contributed by atoms with Crippen LogP contribution in [0.25, 0.3) is 0 Å². The first-order chi connectivity index (χ1) is 14.7. The van der Waals surface area contributed by atoms with Crippen molar-refractivity contribution in [2.75, 3.05) is 6.61 Å². The molecule has 0 radical (unpaired) electrons. The molecular formula is C28H25FO. The van der Waals surface area contributed by atoms with Crippen LogP contribution in [0.1, 0.15) is 54.5 Å². The van der Waals surface area contributed by atoms with E-state index in [2.05, 4.69) is 30.6 Å². The largest absolute Gasteiger partial charge is 0.494 e. The number of halogens is 1. The first kappa shape index (κ1) is 21.2. The molecule has 3 rings (SSSR count). The Hall–Kier alpha value is -3.49. The molecule has 150 valence electrons. The molecule has 0 aliphatic heterocycles. The van der Waals surface area contributed by atoms with Crippen LogP contribution in [0.3, 0.4) is 0 Å². The van der Waals surface area contributed by atoms with Crippen molar-refractivity contribution in [3.05, 3.63) is 100 Å². The number of aryl methyl sites for hydroxylation is 1. The van der Waals surface area contributed by atoms with Gasteiger partial charge in [-0.1, -0.05) is 50.0 Å². The van der Waals surface area contributed by atoms with Gasteiger partial charge in [-0.05, 0) is 79.1 Å². The summed E-state index contributed by atoms with van der Waals surface area (Å²) in [7, 11) is 0. The van der Waals surface area contributed by atoms with E-state index in [1.807, 2.05) is 67.6 Å². The summed E-state index contributed by atoms with van der Waals surface area (Å²) in [6.07, 6.45) is 2.67. The summed E-state index contributed by atoms with van der Waals surface area (Å²) in [6, 6.07) is 20.8. The van der Waals surface area contributed by atoms with Crippen LogP contribution in [0, 0.1) is 29.5 Å². The minimum atomic E-state index is -0.181. The van der Waals surface area contributed by atoms with Crippen molar-refractivity contribution in [3.8, 4) is 29.4 Å². The van der Waals surface area contributed by atoms with Crippen LogP contribution in [0.15, 0.2) is 66.7 Å². The molecule has 0 amide bonds. The number of ether oxygens (including phenoxy) is 1. The van der Waals surface area contributed by atoms with E-state index < -0.39 is 0 Å². The molecule has 3 aromatic rings. The Morgan fingerprint density at radius 1 is 0.667 bits per heavy atom. The summed E-state index contributed by atoms with van der Waals surface area (Å²) in [5, 5.41) is 0. The number of rotatable bonds is 5. The third-order valence-corrected chi connectivity index (χ3v) is 4.49. The van der Waals surface area contributed by atoms with Crippen molar-refractivity contribution in [2.45, 2.75) is 33.1 Å². The summed E-state index contributed by atoms with van der Waals surface area (Å²) in [5.74, 6) is 13.1. The van der Waals surface area contributed by atoms with Crippen LogP contribution < -0.4 is 4.74 Å². The Balaban J connectivity index is 1.64. The molecule has 0 atom stereocenters. The molecule has 2 heteroatoms. The zero-order valence-corrected chi connectivity index (χ0v) is 17.5. The first-order valence-electron chi connectivity index (χ1n) is 10.3. The second kappa shape index (κ2) is 10.9. The van der Waals surface area contributed by atoms with E-state index in [4.69, 9.17) is 4.74 Å².